The largest absolute Gasteiger partial charge is 0.478 e. The van der Waals surface area contributed by atoms with Crippen molar-refractivity contribution in [3.8, 4) is 0 Å². The number of benzene rings is 1. The number of carbonyl (C=O) groups is 1. The van der Waals surface area contributed by atoms with Crippen LogP contribution in [0.5, 0.6) is 0 Å². The van der Waals surface area contributed by atoms with Gasteiger partial charge in [-0.05, 0) is 30.3 Å². The molecule has 0 saturated heterocycles. The summed E-state index contributed by atoms with van der Waals surface area (Å²) in [7, 11) is 0. The maximum absolute atomic E-state index is 10.8. The van der Waals surface area contributed by atoms with Crippen LogP contribution in [0.1, 0.15) is 16.1 Å². The van der Waals surface area contributed by atoms with E-state index in [2.05, 4.69) is 15.5 Å². The Hall–Kier alpha value is -2.63. The SMILES string of the molecule is Nc1cc(NCc2cccnn2)ccc1C(=O)O. The van der Waals surface area contributed by atoms with Crippen LogP contribution < -0.4 is 11.1 Å². The molecule has 6 heteroatoms. The van der Waals surface area contributed by atoms with Gasteiger partial charge in [0.1, 0.15) is 0 Å². The van der Waals surface area contributed by atoms with Crippen molar-refractivity contribution in [2.75, 3.05) is 11.1 Å². The van der Waals surface area contributed by atoms with E-state index in [4.69, 9.17) is 10.8 Å². The fourth-order valence-corrected chi connectivity index (χ4v) is 1.49. The van der Waals surface area contributed by atoms with Gasteiger partial charge in [0.05, 0.1) is 17.8 Å². The normalized spacial score (nSPS) is 10.0. The van der Waals surface area contributed by atoms with Crippen molar-refractivity contribution in [2.24, 2.45) is 0 Å². The van der Waals surface area contributed by atoms with Gasteiger partial charge in [0.15, 0.2) is 0 Å². The van der Waals surface area contributed by atoms with Crippen LogP contribution in [-0.2, 0) is 6.54 Å². The van der Waals surface area contributed by atoms with Crippen LogP contribution in [0.2, 0.25) is 0 Å². The molecule has 1 aromatic heterocycles. The summed E-state index contributed by atoms with van der Waals surface area (Å²) >= 11 is 0. The highest BCUT2D eigenvalue weighted by molar-refractivity contribution is 5.94. The molecule has 0 aliphatic rings. The Kier molecular flexibility index (Phi) is 3.38. The first kappa shape index (κ1) is 11.8. The van der Waals surface area contributed by atoms with Gasteiger partial charge in [-0.25, -0.2) is 4.79 Å². The molecule has 0 spiro atoms. The van der Waals surface area contributed by atoms with Crippen molar-refractivity contribution in [1.82, 2.24) is 10.2 Å². The number of nitrogens with two attached hydrogens (primary N) is 1. The summed E-state index contributed by atoms with van der Waals surface area (Å²) in [6.07, 6.45) is 1.60. The number of nitrogen functional groups attached to an aromatic ring is 1. The molecule has 0 amide bonds. The number of hydrogen-bond acceptors (Lipinski definition) is 5. The molecule has 1 aromatic carbocycles. The summed E-state index contributed by atoms with van der Waals surface area (Å²) in [4.78, 5) is 10.8. The molecule has 2 rings (SSSR count). The Balaban J connectivity index is 2.07. The molecule has 0 fully saturated rings. The van der Waals surface area contributed by atoms with Crippen LogP contribution in [0.15, 0.2) is 36.5 Å². The highest BCUT2D eigenvalue weighted by Crippen LogP contribution is 2.18. The topological polar surface area (TPSA) is 101 Å². The van der Waals surface area contributed by atoms with E-state index in [0.29, 0.717) is 6.54 Å². The third-order valence-electron chi connectivity index (χ3n) is 2.38. The summed E-state index contributed by atoms with van der Waals surface area (Å²) in [6, 6.07) is 8.35. The minimum Gasteiger partial charge on any atom is -0.478 e. The molecule has 0 atom stereocenters. The first-order chi connectivity index (χ1) is 8.66. The molecule has 1 heterocycles. The summed E-state index contributed by atoms with van der Waals surface area (Å²) in [5.41, 5.74) is 7.50. The number of aromatic nitrogens is 2. The molecule has 0 aliphatic heterocycles. The van der Waals surface area contributed by atoms with E-state index in [-0.39, 0.29) is 11.3 Å². The zero-order valence-corrected chi connectivity index (χ0v) is 9.50. The van der Waals surface area contributed by atoms with Gasteiger partial charge >= 0.3 is 5.97 Å². The highest BCUT2D eigenvalue weighted by Gasteiger charge is 2.07. The standard InChI is InChI=1S/C12H12N4O2/c13-11-6-8(3-4-10(11)12(17)18)14-7-9-2-1-5-15-16-9/h1-6,14H,7,13H2,(H,17,18). The van der Waals surface area contributed by atoms with E-state index >= 15 is 0 Å². The second-order valence-electron chi connectivity index (χ2n) is 3.68. The number of aromatic carboxylic acids is 1. The predicted molar refractivity (Wildman–Crippen MR) is 67.2 cm³/mol. The minimum absolute atomic E-state index is 0.0973. The van der Waals surface area contributed by atoms with Crippen LogP contribution in [0, 0.1) is 0 Å². The van der Waals surface area contributed by atoms with Crippen molar-refractivity contribution in [3.63, 3.8) is 0 Å². The number of rotatable bonds is 4. The second kappa shape index (κ2) is 5.13. The average molecular weight is 244 g/mol. The Morgan fingerprint density at radius 3 is 2.83 bits per heavy atom. The van der Waals surface area contributed by atoms with Crippen molar-refractivity contribution in [3.05, 3.63) is 47.8 Å². The smallest absolute Gasteiger partial charge is 0.337 e. The maximum Gasteiger partial charge on any atom is 0.337 e. The molecule has 0 bridgehead atoms. The fraction of sp³-hybridized carbons (Fsp3) is 0.0833. The number of nitrogens with one attached hydrogen (secondary N) is 1. The van der Waals surface area contributed by atoms with E-state index < -0.39 is 5.97 Å². The zero-order chi connectivity index (χ0) is 13.0. The van der Waals surface area contributed by atoms with E-state index in [0.717, 1.165) is 11.4 Å². The third-order valence-corrected chi connectivity index (χ3v) is 2.38. The Bertz CT molecular complexity index is 557. The quantitative estimate of drug-likeness (QED) is 0.702. The molecule has 92 valence electrons. The lowest BCUT2D eigenvalue weighted by Crippen LogP contribution is -2.05. The Morgan fingerprint density at radius 2 is 2.22 bits per heavy atom. The third kappa shape index (κ3) is 2.73. The van der Waals surface area contributed by atoms with Crippen molar-refractivity contribution >= 4 is 17.3 Å². The lowest BCUT2D eigenvalue weighted by Gasteiger charge is -2.07. The van der Waals surface area contributed by atoms with Crippen LogP contribution in [0.25, 0.3) is 0 Å². The number of hydrogen-bond donors (Lipinski definition) is 3. The van der Waals surface area contributed by atoms with Gasteiger partial charge in [-0.15, -0.1) is 0 Å². The first-order valence-corrected chi connectivity index (χ1v) is 5.30. The molecule has 0 radical (unpaired) electrons. The minimum atomic E-state index is -1.03. The fourth-order valence-electron chi connectivity index (χ4n) is 1.49. The van der Waals surface area contributed by atoms with Gasteiger partial charge in [0.2, 0.25) is 0 Å². The summed E-state index contributed by atoms with van der Waals surface area (Å²) in [5.74, 6) is -1.03. The van der Waals surface area contributed by atoms with Crippen molar-refractivity contribution < 1.29 is 9.90 Å². The second-order valence-corrected chi connectivity index (χ2v) is 3.68. The van der Waals surface area contributed by atoms with Gasteiger partial charge in [0.25, 0.3) is 0 Å². The van der Waals surface area contributed by atoms with E-state index in [1.807, 2.05) is 6.07 Å². The van der Waals surface area contributed by atoms with Crippen molar-refractivity contribution in [1.29, 1.82) is 0 Å². The molecule has 0 aliphatic carbocycles. The van der Waals surface area contributed by atoms with E-state index in [9.17, 15) is 4.79 Å². The van der Waals surface area contributed by atoms with Crippen molar-refractivity contribution in [2.45, 2.75) is 6.54 Å². The number of anilines is 2. The molecule has 0 saturated carbocycles. The van der Waals surface area contributed by atoms with E-state index in [1.165, 1.54) is 6.07 Å². The molecule has 2 aromatic rings. The Labute approximate surface area is 103 Å². The molecule has 4 N–H and O–H groups in total. The van der Waals surface area contributed by atoms with Crippen LogP contribution in [0.3, 0.4) is 0 Å². The average Bonchev–Trinajstić information content (AvgIpc) is 2.37. The van der Waals surface area contributed by atoms with Gasteiger partial charge < -0.3 is 16.2 Å². The molecule has 18 heavy (non-hydrogen) atoms. The van der Waals surface area contributed by atoms with Crippen LogP contribution >= 0.6 is 0 Å². The van der Waals surface area contributed by atoms with Gasteiger partial charge in [0, 0.05) is 17.6 Å². The summed E-state index contributed by atoms with van der Waals surface area (Å²) in [5, 5.41) is 19.6. The first-order valence-electron chi connectivity index (χ1n) is 5.30. The number of nitrogens with zero attached hydrogens (tertiary/aromatic N) is 2. The van der Waals surface area contributed by atoms with Crippen LogP contribution in [-0.4, -0.2) is 21.3 Å². The van der Waals surface area contributed by atoms with Gasteiger partial charge in [-0.3, -0.25) is 0 Å². The summed E-state index contributed by atoms with van der Waals surface area (Å²) in [6.45, 7) is 0.500. The van der Waals surface area contributed by atoms with Gasteiger partial charge in [-0.2, -0.15) is 10.2 Å². The summed E-state index contributed by atoms with van der Waals surface area (Å²) < 4.78 is 0. The van der Waals surface area contributed by atoms with E-state index in [1.54, 1.807) is 24.4 Å². The number of carboxylic acids is 1. The molecular formula is C12H12N4O2. The molecular weight excluding hydrogens is 232 g/mol. The lowest BCUT2D eigenvalue weighted by molar-refractivity contribution is 0.0698. The molecule has 6 nitrogen and oxygen atoms in total. The number of carboxylic acid groups (broad SMARTS) is 1. The maximum atomic E-state index is 10.8. The van der Waals surface area contributed by atoms with Gasteiger partial charge in [-0.1, -0.05) is 0 Å². The predicted octanol–water partition coefficient (Wildman–Crippen LogP) is 1.37. The molecule has 0 unspecified atom stereocenters. The Morgan fingerprint density at radius 1 is 1.39 bits per heavy atom. The highest BCUT2D eigenvalue weighted by atomic mass is 16.4. The monoisotopic (exact) mass is 244 g/mol. The zero-order valence-electron chi connectivity index (χ0n) is 9.50. The lowest BCUT2D eigenvalue weighted by atomic mass is 10.1. The van der Waals surface area contributed by atoms with Crippen LogP contribution in [0.4, 0.5) is 11.4 Å².